The summed E-state index contributed by atoms with van der Waals surface area (Å²) in [5.41, 5.74) is 3.64. The predicted octanol–water partition coefficient (Wildman–Crippen LogP) is 2.27. The van der Waals surface area contributed by atoms with Crippen LogP contribution in [0.25, 0.3) is 5.52 Å². The maximum Gasteiger partial charge on any atom is 0.223 e. The third kappa shape index (κ3) is 2.09. The molecule has 0 saturated heterocycles. The van der Waals surface area contributed by atoms with E-state index in [2.05, 4.69) is 28.6 Å². The van der Waals surface area contributed by atoms with Gasteiger partial charge >= 0.3 is 0 Å². The van der Waals surface area contributed by atoms with Crippen molar-refractivity contribution in [3.05, 3.63) is 35.7 Å². The van der Waals surface area contributed by atoms with Crippen LogP contribution in [-0.2, 0) is 4.79 Å². The second kappa shape index (κ2) is 4.33. The van der Waals surface area contributed by atoms with Crippen molar-refractivity contribution >= 4 is 11.4 Å². The van der Waals surface area contributed by atoms with Crippen LogP contribution in [0.3, 0.4) is 0 Å². The lowest BCUT2D eigenvalue weighted by molar-refractivity contribution is -0.122. The van der Waals surface area contributed by atoms with Crippen molar-refractivity contribution in [1.82, 2.24) is 14.9 Å². The molecule has 0 aliphatic heterocycles. The number of hydrogen-bond acceptors (Lipinski definition) is 2. The molecule has 0 spiro atoms. The van der Waals surface area contributed by atoms with E-state index in [1.54, 1.807) is 0 Å². The molecule has 2 fully saturated rings. The molecule has 0 unspecified atom stereocenters. The Kier molecular flexibility index (Phi) is 2.59. The fourth-order valence-electron chi connectivity index (χ4n) is 3.05. The maximum absolute atomic E-state index is 11.7. The zero-order valence-electron chi connectivity index (χ0n) is 11.7. The summed E-state index contributed by atoms with van der Waals surface area (Å²) in [7, 11) is 0. The van der Waals surface area contributed by atoms with Gasteiger partial charge in [-0.3, -0.25) is 4.79 Å². The first-order valence-electron chi connectivity index (χ1n) is 7.45. The third-order valence-corrected chi connectivity index (χ3v) is 4.47. The number of nitrogens with one attached hydrogen (secondary N) is 1. The molecule has 104 valence electrons. The van der Waals surface area contributed by atoms with Gasteiger partial charge in [0.15, 0.2) is 0 Å². The number of aryl methyl sites for hydroxylation is 1. The Morgan fingerprint density at radius 1 is 1.50 bits per heavy atom. The zero-order chi connectivity index (χ0) is 13.7. The molecular weight excluding hydrogens is 250 g/mol. The van der Waals surface area contributed by atoms with E-state index in [-0.39, 0.29) is 5.91 Å². The highest BCUT2D eigenvalue weighted by Gasteiger charge is 2.40. The number of pyridine rings is 1. The summed E-state index contributed by atoms with van der Waals surface area (Å²) in [5, 5.41) is 7.56. The Morgan fingerprint density at radius 3 is 3.15 bits per heavy atom. The topological polar surface area (TPSA) is 46.4 Å². The summed E-state index contributed by atoms with van der Waals surface area (Å²) in [6, 6.07) is 6.41. The van der Waals surface area contributed by atoms with Gasteiger partial charge in [-0.2, -0.15) is 5.10 Å². The predicted molar refractivity (Wildman–Crippen MR) is 76.5 cm³/mol. The summed E-state index contributed by atoms with van der Waals surface area (Å²) >= 11 is 0. The quantitative estimate of drug-likeness (QED) is 0.925. The van der Waals surface area contributed by atoms with Crippen molar-refractivity contribution in [2.75, 3.05) is 6.54 Å². The van der Waals surface area contributed by atoms with Crippen LogP contribution in [0.4, 0.5) is 0 Å². The number of amides is 1. The highest BCUT2D eigenvalue weighted by molar-refractivity contribution is 5.80. The summed E-state index contributed by atoms with van der Waals surface area (Å²) in [6.45, 7) is 2.85. The van der Waals surface area contributed by atoms with Crippen molar-refractivity contribution in [3.8, 4) is 0 Å². The van der Waals surface area contributed by atoms with Crippen LogP contribution in [-0.4, -0.2) is 22.1 Å². The number of aromatic nitrogens is 2. The van der Waals surface area contributed by atoms with Crippen LogP contribution in [0, 0.1) is 18.8 Å². The summed E-state index contributed by atoms with van der Waals surface area (Å²) in [5.74, 6) is 1.75. The fraction of sp³-hybridized carbons (Fsp3) is 0.500. The molecule has 2 atom stereocenters. The van der Waals surface area contributed by atoms with Crippen LogP contribution in [0.5, 0.6) is 0 Å². The van der Waals surface area contributed by atoms with Gasteiger partial charge in [-0.15, -0.1) is 0 Å². The first kappa shape index (κ1) is 11.9. The standard InChI is InChI=1S/C16H19N3O/c1-10-7-15-13(3-2-6-19(15)18-10)14-8-12(14)9-17-16(20)11-4-5-11/h2-3,6-7,11-12,14H,4-5,8-9H2,1H3,(H,17,20)/t12-,14+/m1/s1. The highest BCUT2D eigenvalue weighted by atomic mass is 16.2. The van der Waals surface area contributed by atoms with Gasteiger partial charge in [-0.05, 0) is 55.7 Å². The summed E-state index contributed by atoms with van der Waals surface area (Å²) < 4.78 is 1.96. The summed E-state index contributed by atoms with van der Waals surface area (Å²) in [4.78, 5) is 11.7. The molecule has 1 amide bonds. The number of nitrogens with zero attached hydrogens (tertiary/aromatic N) is 2. The zero-order valence-corrected chi connectivity index (χ0v) is 11.7. The molecule has 2 aliphatic carbocycles. The molecular formula is C16H19N3O. The lowest BCUT2D eigenvalue weighted by Gasteiger charge is -2.05. The lowest BCUT2D eigenvalue weighted by Crippen LogP contribution is -2.27. The van der Waals surface area contributed by atoms with E-state index in [1.807, 2.05) is 17.6 Å². The Hall–Kier alpha value is -1.84. The van der Waals surface area contributed by atoms with Crippen molar-refractivity contribution < 1.29 is 4.79 Å². The maximum atomic E-state index is 11.7. The average molecular weight is 269 g/mol. The Labute approximate surface area is 118 Å². The molecule has 2 heterocycles. The summed E-state index contributed by atoms with van der Waals surface area (Å²) in [6.07, 6.45) is 5.33. The van der Waals surface area contributed by atoms with Gasteiger partial charge in [0.05, 0.1) is 11.2 Å². The Bertz CT molecular complexity index is 671. The van der Waals surface area contributed by atoms with Crippen molar-refractivity contribution in [3.63, 3.8) is 0 Å². The SMILES string of the molecule is Cc1cc2c([C@H]3C[C@@H]3CNC(=O)C3CC3)cccn2n1. The number of rotatable bonds is 4. The molecule has 4 nitrogen and oxygen atoms in total. The molecule has 0 radical (unpaired) electrons. The van der Waals surface area contributed by atoms with Gasteiger partial charge in [0.25, 0.3) is 0 Å². The Morgan fingerprint density at radius 2 is 2.35 bits per heavy atom. The van der Waals surface area contributed by atoms with E-state index in [0.29, 0.717) is 17.8 Å². The van der Waals surface area contributed by atoms with Gasteiger partial charge < -0.3 is 5.32 Å². The molecule has 4 heteroatoms. The normalized spacial score (nSPS) is 24.9. The average Bonchev–Trinajstić information content (AvgIpc) is 3.32. The van der Waals surface area contributed by atoms with Crippen LogP contribution in [0.15, 0.2) is 24.4 Å². The van der Waals surface area contributed by atoms with Crippen LogP contribution in [0.2, 0.25) is 0 Å². The van der Waals surface area contributed by atoms with Gasteiger partial charge in [-0.25, -0.2) is 4.52 Å². The van der Waals surface area contributed by atoms with Gasteiger partial charge in [0.1, 0.15) is 0 Å². The van der Waals surface area contributed by atoms with Gasteiger partial charge in [0.2, 0.25) is 5.91 Å². The molecule has 2 saturated carbocycles. The molecule has 20 heavy (non-hydrogen) atoms. The van der Waals surface area contributed by atoms with Crippen LogP contribution >= 0.6 is 0 Å². The van der Waals surface area contributed by atoms with Crippen molar-refractivity contribution in [2.24, 2.45) is 11.8 Å². The monoisotopic (exact) mass is 269 g/mol. The highest BCUT2D eigenvalue weighted by Crippen LogP contribution is 2.48. The Balaban J connectivity index is 1.46. The van der Waals surface area contributed by atoms with E-state index in [4.69, 9.17) is 0 Å². The first-order valence-corrected chi connectivity index (χ1v) is 7.45. The van der Waals surface area contributed by atoms with Gasteiger partial charge in [0, 0.05) is 18.7 Å². The third-order valence-electron chi connectivity index (χ3n) is 4.47. The minimum Gasteiger partial charge on any atom is -0.356 e. The minimum atomic E-state index is 0.258. The number of fused-ring (bicyclic) bond motifs is 1. The van der Waals surface area contributed by atoms with E-state index < -0.39 is 0 Å². The van der Waals surface area contributed by atoms with E-state index in [1.165, 1.54) is 17.5 Å². The molecule has 2 aromatic rings. The fourth-order valence-corrected chi connectivity index (χ4v) is 3.05. The van der Waals surface area contributed by atoms with Gasteiger partial charge in [-0.1, -0.05) is 6.07 Å². The van der Waals surface area contributed by atoms with Crippen molar-refractivity contribution in [1.29, 1.82) is 0 Å². The van der Waals surface area contributed by atoms with E-state index in [0.717, 1.165) is 25.1 Å². The molecule has 2 aromatic heterocycles. The minimum absolute atomic E-state index is 0.258. The van der Waals surface area contributed by atoms with Crippen molar-refractivity contribution in [2.45, 2.75) is 32.1 Å². The van der Waals surface area contributed by atoms with E-state index >= 15 is 0 Å². The molecule has 4 rings (SSSR count). The van der Waals surface area contributed by atoms with Crippen LogP contribution in [0.1, 0.15) is 36.4 Å². The lowest BCUT2D eigenvalue weighted by atomic mass is 10.1. The first-order chi connectivity index (χ1) is 9.72. The number of hydrogen-bond donors (Lipinski definition) is 1. The number of carbonyl (C=O) groups excluding carboxylic acids is 1. The number of carbonyl (C=O) groups is 1. The van der Waals surface area contributed by atoms with E-state index in [9.17, 15) is 4.79 Å². The van der Waals surface area contributed by atoms with Crippen LogP contribution < -0.4 is 5.32 Å². The molecule has 1 N–H and O–H groups in total. The smallest absolute Gasteiger partial charge is 0.223 e. The molecule has 0 bridgehead atoms. The second-order valence-corrected chi connectivity index (χ2v) is 6.20. The second-order valence-electron chi connectivity index (χ2n) is 6.20. The molecule has 0 aromatic carbocycles. The molecule has 2 aliphatic rings. The largest absolute Gasteiger partial charge is 0.356 e.